The highest BCUT2D eigenvalue weighted by Gasteiger charge is 2.38. The summed E-state index contributed by atoms with van der Waals surface area (Å²) in [6.07, 6.45) is 5.61. The van der Waals surface area contributed by atoms with Crippen molar-refractivity contribution < 1.29 is 18.7 Å². The molecule has 1 aliphatic carbocycles. The van der Waals surface area contributed by atoms with Gasteiger partial charge >= 0.3 is 0 Å². The van der Waals surface area contributed by atoms with Crippen LogP contribution in [0.5, 0.6) is 11.5 Å². The average molecular weight is 529 g/mol. The SMILES string of the molecule is Cc1ccccc1[C@@H]1CN(Cc2ccc3c(c2)OCO3)C[C@@H]1CN(C(=O)c1ccc(F)cc1)C1CCCCC1. The van der Waals surface area contributed by atoms with Gasteiger partial charge in [0, 0.05) is 43.7 Å². The number of amides is 1. The summed E-state index contributed by atoms with van der Waals surface area (Å²) in [5.41, 5.74) is 4.44. The predicted molar refractivity (Wildman–Crippen MR) is 150 cm³/mol. The van der Waals surface area contributed by atoms with Crippen molar-refractivity contribution in [2.45, 2.75) is 57.5 Å². The number of nitrogens with zero attached hydrogens (tertiary/aromatic N) is 2. The van der Waals surface area contributed by atoms with Crippen LogP contribution in [0.2, 0.25) is 0 Å². The lowest BCUT2D eigenvalue weighted by molar-refractivity contribution is 0.0588. The van der Waals surface area contributed by atoms with Crippen molar-refractivity contribution in [2.24, 2.45) is 5.92 Å². The Kier molecular flexibility index (Phi) is 7.55. The molecule has 3 aromatic carbocycles. The zero-order valence-corrected chi connectivity index (χ0v) is 22.7. The summed E-state index contributed by atoms with van der Waals surface area (Å²) < 4.78 is 24.8. The molecule has 0 N–H and O–H groups in total. The van der Waals surface area contributed by atoms with E-state index in [1.54, 1.807) is 12.1 Å². The van der Waals surface area contributed by atoms with E-state index in [-0.39, 0.29) is 24.6 Å². The summed E-state index contributed by atoms with van der Waals surface area (Å²) >= 11 is 0. The lowest BCUT2D eigenvalue weighted by Gasteiger charge is -2.37. The minimum Gasteiger partial charge on any atom is -0.454 e. The van der Waals surface area contributed by atoms with E-state index in [1.165, 1.54) is 35.2 Å². The number of ether oxygens (including phenoxy) is 2. The first-order chi connectivity index (χ1) is 19.0. The van der Waals surface area contributed by atoms with Crippen molar-refractivity contribution in [3.8, 4) is 11.5 Å². The van der Waals surface area contributed by atoms with Crippen LogP contribution in [0.3, 0.4) is 0 Å². The van der Waals surface area contributed by atoms with Gasteiger partial charge in [-0.05, 0) is 78.8 Å². The second-order valence-electron chi connectivity index (χ2n) is 11.4. The summed E-state index contributed by atoms with van der Waals surface area (Å²) in [5.74, 6) is 1.95. The maximum absolute atomic E-state index is 13.9. The van der Waals surface area contributed by atoms with Gasteiger partial charge in [0.25, 0.3) is 5.91 Å². The van der Waals surface area contributed by atoms with E-state index < -0.39 is 0 Å². The highest BCUT2D eigenvalue weighted by molar-refractivity contribution is 5.94. The number of carbonyl (C=O) groups excluding carboxylic acids is 1. The summed E-state index contributed by atoms with van der Waals surface area (Å²) in [6, 6.07) is 21.2. The minimum absolute atomic E-state index is 0.0275. The molecule has 6 heteroatoms. The van der Waals surface area contributed by atoms with Crippen LogP contribution in [0.15, 0.2) is 66.7 Å². The van der Waals surface area contributed by atoms with Gasteiger partial charge in [0.2, 0.25) is 6.79 Å². The molecule has 6 rings (SSSR count). The molecule has 0 spiro atoms. The predicted octanol–water partition coefficient (Wildman–Crippen LogP) is 6.55. The van der Waals surface area contributed by atoms with Crippen molar-refractivity contribution in [2.75, 3.05) is 26.4 Å². The monoisotopic (exact) mass is 528 g/mol. The van der Waals surface area contributed by atoms with Crippen molar-refractivity contribution in [1.82, 2.24) is 9.80 Å². The van der Waals surface area contributed by atoms with Gasteiger partial charge < -0.3 is 14.4 Å². The summed E-state index contributed by atoms with van der Waals surface area (Å²) in [5, 5.41) is 0. The number of hydrogen-bond acceptors (Lipinski definition) is 4. The first-order valence-corrected chi connectivity index (χ1v) is 14.3. The van der Waals surface area contributed by atoms with Gasteiger partial charge in [-0.3, -0.25) is 9.69 Å². The van der Waals surface area contributed by atoms with Crippen LogP contribution in [0.4, 0.5) is 4.39 Å². The van der Waals surface area contributed by atoms with Gasteiger partial charge in [0.15, 0.2) is 11.5 Å². The van der Waals surface area contributed by atoms with Crippen molar-refractivity contribution >= 4 is 5.91 Å². The molecule has 39 heavy (non-hydrogen) atoms. The van der Waals surface area contributed by atoms with Gasteiger partial charge in [-0.15, -0.1) is 0 Å². The van der Waals surface area contributed by atoms with Crippen LogP contribution in [0.25, 0.3) is 0 Å². The smallest absolute Gasteiger partial charge is 0.254 e. The summed E-state index contributed by atoms with van der Waals surface area (Å²) in [7, 11) is 0. The maximum Gasteiger partial charge on any atom is 0.254 e. The molecule has 1 saturated heterocycles. The molecule has 2 atom stereocenters. The van der Waals surface area contributed by atoms with Crippen molar-refractivity contribution in [1.29, 1.82) is 0 Å². The van der Waals surface area contributed by atoms with E-state index in [1.807, 2.05) is 6.07 Å². The third-order valence-electron chi connectivity index (χ3n) is 8.75. The molecular weight excluding hydrogens is 491 g/mol. The molecule has 0 bridgehead atoms. The molecular formula is C33H37FN2O3. The van der Waals surface area contributed by atoms with Gasteiger partial charge in [-0.2, -0.15) is 0 Å². The summed E-state index contributed by atoms with van der Waals surface area (Å²) in [6.45, 7) is 5.84. The molecule has 3 aromatic rings. The highest BCUT2D eigenvalue weighted by atomic mass is 19.1. The number of aryl methyl sites for hydroxylation is 1. The van der Waals surface area contributed by atoms with Gasteiger partial charge in [-0.25, -0.2) is 4.39 Å². The minimum atomic E-state index is -0.315. The van der Waals surface area contributed by atoms with Crippen molar-refractivity contribution in [3.63, 3.8) is 0 Å². The van der Waals surface area contributed by atoms with Crippen LogP contribution in [0, 0.1) is 18.7 Å². The second kappa shape index (κ2) is 11.4. The number of hydrogen-bond donors (Lipinski definition) is 0. The maximum atomic E-state index is 13.9. The molecule has 5 nitrogen and oxygen atoms in total. The fourth-order valence-electron chi connectivity index (χ4n) is 6.73. The van der Waals surface area contributed by atoms with Crippen LogP contribution in [-0.4, -0.2) is 48.2 Å². The Morgan fingerprint density at radius 1 is 0.949 bits per heavy atom. The lowest BCUT2D eigenvalue weighted by atomic mass is 9.85. The molecule has 204 valence electrons. The second-order valence-corrected chi connectivity index (χ2v) is 11.4. The topological polar surface area (TPSA) is 42.0 Å². The number of benzene rings is 3. The molecule has 2 heterocycles. The fourth-order valence-corrected chi connectivity index (χ4v) is 6.73. The third-order valence-corrected chi connectivity index (χ3v) is 8.75. The van der Waals surface area contributed by atoms with Crippen LogP contribution >= 0.6 is 0 Å². The van der Waals surface area contributed by atoms with Crippen molar-refractivity contribution in [3.05, 3.63) is 94.8 Å². The summed E-state index contributed by atoms with van der Waals surface area (Å²) in [4.78, 5) is 18.5. The molecule has 2 aliphatic heterocycles. The Labute approximate surface area is 230 Å². The van der Waals surface area contributed by atoms with Crippen LogP contribution in [-0.2, 0) is 6.54 Å². The third kappa shape index (κ3) is 5.67. The Balaban J connectivity index is 1.27. The first kappa shape index (κ1) is 25.9. The Morgan fingerprint density at radius 2 is 1.72 bits per heavy atom. The van der Waals surface area contributed by atoms with E-state index in [0.29, 0.717) is 23.9 Å². The van der Waals surface area contributed by atoms with E-state index in [9.17, 15) is 9.18 Å². The number of carbonyl (C=O) groups is 1. The standard InChI is InChI=1S/C33H37FN2O3/c1-23-7-5-6-10-29(23)30-21-35(18-24-11-16-31-32(17-24)39-22-38-31)19-26(30)20-36(28-8-3-2-4-9-28)33(37)25-12-14-27(34)15-13-25/h5-7,10-17,26,28,30H,2-4,8-9,18-22H2,1H3/t26-,30-/m1/s1. The van der Waals surface area contributed by atoms with E-state index in [0.717, 1.165) is 56.8 Å². The Morgan fingerprint density at radius 3 is 2.51 bits per heavy atom. The van der Waals surface area contributed by atoms with Gasteiger partial charge in [-0.1, -0.05) is 49.6 Å². The number of rotatable bonds is 7. The van der Waals surface area contributed by atoms with E-state index >= 15 is 0 Å². The van der Waals surface area contributed by atoms with Gasteiger partial charge in [0.05, 0.1) is 0 Å². The molecule has 3 aliphatic rings. The molecule has 0 radical (unpaired) electrons. The first-order valence-electron chi connectivity index (χ1n) is 14.3. The van der Waals surface area contributed by atoms with Crippen LogP contribution < -0.4 is 9.47 Å². The zero-order chi connectivity index (χ0) is 26.8. The quantitative estimate of drug-likeness (QED) is 0.349. The molecule has 2 fully saturated rings. The number of fused-ring (bicyclic) bond motifs is 1. The number of likely N-dealkylation sites (tertiary alicyclic amines) is 1. The normalized spacial score (nSPS) is 21.3. The Bertz CT molecular complexity index is 1300. The molecule has 1 saturated carbocycles. The highest BCUT2D eigenvalue weighted by Crippen LogP contribution is 2.38. The molecule has 0 unspecified atom stereocenters. The largest absolute Gasteiger partial charge is 0.454 e. The number of halogens is 1. The lowest BCUT2D eigenvalue weighted by Crippen LogP contribution is -2.45. The van der Waals surface area contributed by atoms with Gasteiger partial charge in [0.1, 0.15) is 5.82 Å². The average Bonchev–Trinajstić information content (AvgIpc) is 3.59. The molecule has 0 aromatic heterocycles. The van der Waals surface area contributed by atoms with E-state index in [4.69, 9.17) is 9.47 Å². The molecule has 1 amide bonds. The van der Waals surface area contributed by atoms with Crippen LogP contribution in [0.1, 0.15) is 65.1 Å². The fraction of sp³-hybridized carbons (Fsp3) is 0.424. The zero-order valence-electron chi connectivity index (χ0n) is 22.7. The van der Waals surface area contributed by atoms with E-state index in [2.05, 4.69) is 53.1 Å². The Hall–Kier alpha value is -3.38.